The summed E-state index contributed by atoms with van der Waals surface area (Å²) < 4.78 is 41.4. The molecule has 4 aliphatic heterocycles. The quantitative estimate of drug-likeness (QED) is 0.323. The largest absolute Gasteiger partial charge is 0.418 e. The third-order valence-corrected chi connectivity index (χ3v) is 10.8. The summed E-state index contributed by atoms with van der Waals surface area (Å²) in [6, 6.07) is 10.4. The third-order valence-electron chi connectivity index (χ3n) is 10.5. The SMILES string of the molecule is Nc1c(Cl)cc(C[C@@H](CC(O)N2CCC(N3Cc4ccccc4NC3=O)CC2)C(=O)N2CCC(N3CCCC3)CC2)cc1C(F)(F)F. The molecular weight excluding hydrogens is 633 g/mol. The molecule has 9 nitrogen and oxygen atoms in total. The fraction of sp³-hybridized carbons (Fsp3) is 0.588. The maximum absolute atomic E-state index is 14.0. The summed E-state index contributed by atoms with van der Waals surface area (Å²) in [4.78, 5) is 34.9. The van der Waals surface area contributed by atoms with Crippen molar-refractivity contribution in [3.8, 4) is 0 Å². The summed E-state index contributed by atoms with van der Waals surface area (Å²) in [5.41, 5.74) is 6.25. The fourth-order valence-electron chi connectivity index (χ4n) is 7.82. The molecule has 256 valence electrons. The molecule has 6 rings (SSSR count). The third kappa shape index (κ3) is 7.66. The molecule has 0 bridgehead atoms. The van der Waals surface area contributed by atoms with Crippen LogP contribution in [0.5, 0.6) is 0 Å². The number of rotatable bonds is 8. The normalized spacial score (nSPS) is 21.9. The molecule has 1 unspecified atom stereocenters. The van der Waals surface area contributed by atoms with Crippen molar-refractivity contribution < 1.29 is 27.9 Å². The molecule has 2 aromatic rings. The highest BCUT2D eigenvalue weighted by atomic mass is 35.5. The number of nitrogen functional groups attached to an aromatic ring is 1. The Morgan fingerprint density at radius 2 is 1.66 bits per heavy atom. The zero-order valence-electron chi connectivity index (χ0n) is 26.5. The molecule has 0 spiro atoms. The highest BCUT2D eigenvalue weighted by Gasteiger charge is 2.38. The lowest BCUT2D eigenvalue weighted by molar-refractivity contribution is -0.140. The fourth-order valence-corrected chi connectivity index (χ4v) is 8.06. The van der Waals surface area contributed by atoms with Gasteiger partial charge in [-0.05, 0) is 93.8 Å². The number of para-hydroxylation sites is 1. The monoisotopic (exact) mass is 676 g/mol. The van der Waals surface area contributed by atoms with E-state index in [0.29, 0.717) is 51.6 Å². The number of nitrogens with zero attached hydrogens (tertiary/aromatic N) is 4. The summed E-state index contributed by atoms with van der Waals surface area (Å²) in [7, 11) is 0. The molecule has 13 heteroatoms. The first-order chi connectivity index (χ1) is 22.5. The number of nitrogens with two attached hydrogens (primary N) is 1. The van der Waals surface area contributed by atoms with Gasteiger partial charge in [-0.2, -0.15) is 13.2 Å². The first-order valence-corrected chi connectivity index (χ1v) is 17.1. The van der Waals surface area contributed by atoms with E-state index in [0.717, 1.165) is 43.2 Å². The van der Waals surface area contributed by atoms with E-state index in [4.69, 9.17) is 17.3 Å². The molecule has 2 aromatic carbocycles. The molecule has 4 aliphatic rings. The Kier molecular flexibility index (Phi) is 10.2. The predicted molar refractivity (Wildman–Crippen MR) is 175 cm³/mol. The molecule has 3 amide bonds. The maximum atomic E-state index is 14.0. The summed E-state index contributed by atoms with van der Waals surface area (Å²) in [6.45, 7) is 4.88. The number of hydrogen-bond acceptors (Lipinski definition) is 6. The average molecular weight is 677 g/mol. The van der Waals surface area contributed by atoms with Crippen LogP contribution in [0.3, 0.4) is 0 Å². The van der Waals surface area contributed by atoms with Gasteiger partial charge in [0.25, 0.3) is 0 Å². The first kappa shape index (κ1) is 33.8. The number of likely N-dealkylation sites (tertiary alicyclic amines) is 3. The second-order valence-electron chi connectivity index (χ2n) is 13.4. The van der Waals surface area contributed by atoms with E-state index in [2.05, 4.69) is 10.2 Å². The van der Waals surface area contributed by atoms with Crippen molar-refractivity contribution >= 4 is 34.9 Å². The van der Waals surface area contributed by atoms with Crippen molar-refractivity contribution in [3.05, 3.63) is 58.1 Å². The van der Waals surface area contributed by atoms with Crippen molar-refractivity contribution in [2.24, 2.45) is 5.92 Å². The van der Waals surface area contributed by atoms with Crippen LogP contribution < -0.4 is 11.1 Å². The van der Waals surface area contributed by atoms with E-state index in [1.165, 1.54) is 18.9 Å². The Balaban J connectivity index is 1.13. The Morgan fingerprint density at radius 1 is 1.00 bits per heavy atom. The van der Waals surface area contributed by atoms with Crippen molar-refractivity contribution in [1.29, 1.82) is 0 Å². The minimum absolute atomic E-state index is 0.00107. The Labute approximate surface area is 278 Å². The van der Waals surface area contributed by atoms with Gasteiger partial charge >= 0.3 is 12.2 Å². The number of amides is 3. The van der Waals surface area contributed by atoms with Crippen LogP contribution >= 0.6 is 11.6 Å². The van der Waals surface area contributed by atoms with E-state index >= 15 is 0 Å². The molecule has 0 radical (unpaired) electrons. The van der Waals surface area contributed by atoms with Gasteiger partial charge in [0, 0.05) is 56.4 Å². The lowest BCUT2D eigenvalue weighted by Crippen LogP contribution is -2.52. The molecule has 2 atom stereocenters. The second kappa shape index (κ2) is 14.2. The molecule has 3 saturated heterocycles. The minimum atomic E-state index is -4.70. The van der Waals surface area contributed by atoms with Gasteiger partial charge in [0.2, 0.25) is 5.91 Å². The van der Waals surface area contributed by atoms with Crippen molar-refractivity contribution in [3.63, 3.8) is 0 Å². The standard InChI is InChI=1S/C34H44ClF3N6O3/c35-28-19-22(18-27(31(28)39)34(36,37)38)17-24(32(46)43-15-7-25(8-16-43)41-11-3-4-12-41)20-30(45)42-13-9-26(10-14-42)44-21-23-5-1-2-6-29(23)40-33(44)47/h1-2,5-6,18-19,24-26,30,45H,3-4,7-17,20-21,39H2,(H,40,47)/t24-,30?/m0/s1. The smallest absolute Gasteiger partial charge is 0.397 e. The van der Waals surface area contributed by atoms with Crippen LogP contribution in [-0.2, 0) is 23.9 Å². The number of nitrogens with one attached hydrogen (secondary N) is 1. The molecular formula is C34H44ClF3N6O3. The predicted octanol–water partition coefficient (Wildman–Crippen LogP) is 5.41. The lowest BCUT2D eigenvalue weighted by Gasteiger charge is -2.42. The zero-order valence-corrected chi connectivity index (χ0v) is 27.3. The first-order valence-electron chi connectivity index (χ1n) is 16.7. The van der Waals surface area contributed by atoms with Crippen molar-refractivity contribution in [2.75, 3.05) is 50.3 Å². The average Bonchev–Trinajstić information content (AvgIpc) is 3.60. The number of benzene rings is 2. The van der Waals surface area contributed by atoms with Crippen molar-refractivity contribution in [1.82, 2.24) is 19.6 Å². The van der Waals surface area contributed by atoms with E-state index < -0.39 is 29.6 Å². The Hall–Kier alpha value is -3.06. The van der Waals surface area contributed by atoms with Crippen LogP contribution in [-0.4, -0.2) is 94.2 Å². The number of piperidine rings is 2. The van der Waals surface area contributed by atoms with Crippen molar-refractivity contribution in [2.45, 2.75) is 82.4 Å². The second-order valence-corrected chi connectivity index (χ2v) is 13.8. The number of hydrogen-bond donors (Lipinski definition) is 3. The van der Waals surface area contributed by atoms with Crippen LogP contribution in [0.4, 0.5) is 29.3 Å². The van der Waals surface area contributed by atoms with Gasteiger partial charge in [-0.3, -0.25) is 9.69 Å². The number of urea groups is 1. The molecule has 0 aromatic heterocycles. The van der Waals surface area contributed by atoms with Crippen LogP contribution in [0.25, 0.3) is 0 Å². The summed E-state index contributed by atoms with van der Waals surface area (Å²) in [6.07, 6.45) is -0.212. The van der Waals surface area contributed by atoms with Gasteiger partial charge in [-0.1, -0.05) is 29.8 Å². The number of carbonyl (C=O) groups is 2. The number of aliphatic hydroxyl groups excluding tert-OH is 1. The molecule has 3 fully saturated rings. The number of fused-ring (bicyclic) bond motifs is 1. The van der Waals surface area contributed by atoms with Gasteiger partial charge in [-0.25, -0.2) is 4.79 Å². The van der Waals surface area contributed by atoms with E-state index in [-0.39, 0.29) is 41.4 Å². The summed E-state index contributed by atoms with van der Waals surface area (Å²) in [5.74, 6) is -0.917. The van der Waals surface area contributed by atoms with Gasteiger partial charge < -0.3 is 30.9 Å². The highest BCUT2D eigenvalue weighted by Crippen LogP contribution is 2.39. The van der Waals surface area contributed by atoms with E-state index in [1.807, 2.05) is 39.0 Å². The molecule has 4 heterocycles. The molecule has 0 aliphatic carbocycles. The van der Waals surface area contributed by atoms with E-state index in [1.54, 1.807) is 0 Å². The molecule has 0 saturated carbocycles. The number of aliphatic hydroxyl groups is 1. The zero-order chi connectivity index (χ0) is 33.3. The maximum Gasteiger partial charge on any atom is 0.418 e. The summed E-state index contributed by atoms with van der Waals surface area (Å²) in [5, 5.41) is 14.2. The summed E-state index contributed by atoms with van der Waals surface area (Å²) >= 11 is 6.14. The van der Waals surface area contributed by atoms with Gasteiger partial charge in [-0.15, -0.1) is 0 Å². The van der Waals surface area contributed by atoms with Crippen LogP contribution in [0.2, 0.25) is 5.02 Å². The highest BCUT2D eigenvalue weighted by molar-refractivity contribution is 6.33. The molecule has 47 heavy (non-hydrogen) atoms. The minimum Gasteiger partial charge on any atom is -0.397 e. The number of carbonyl (C=O) groups excluding carboxylic acids is 2. The number of anilines is 2. The Morgan fingerprint density at radius 3 is 2.34 bits per heavy atom. The Bertz CT molecular complexity index is 1440. The van der Waals surface area contributed by atoms with Crippen LogP contribution in [0.1, 0.15) is 61.6 Å². The molecule has 4 N–H and O–H groups in total. The van der Waals surface area contributed by atoms with E-state index in [9.17, 15) is 27.9 Å². The topological polar surface area (TPSA) is 105 Å². The van der Waals surface area contributed by atoms with Crippen LogP contribution in [0.15, 0.2) is 36.4 Å². The van der Waals surface area contributed by atoms with Crippen LogP contribution in [0, 0.1) is 5.92 Å². The van der Waals surface area contributed by atoms with Gasteiger partial charge in [0.1, 0.15) is 6.23 Å². The number of halogens is 4. The lowest BCUT2D eigenvalue weighted by atomic mass is 9.90. The number of alkyl halides is 3. The van der Waals surface area contributed by atoms with Gasteiger partial charge in [0.05, 0.1) is 16.3 Å². The van der Waals surface area contributed by atoms with Gasteiger partial charge in [0.15, 0.2) is 0 Å².